The summed E-state index contributed by atoms with van der Waals surface area (Å²) in [6.45, 7) is 1.12. The van der Waals surface area contributed by atoms with E-state index in [1.165, 1.54) is 4.31 Å². The minimum Gasteiger partial charge on any atom is -0.479 e. The van der Waals surface area contributed by atoms with Crippen LogP contribution in [0, 0.1) is 0 Å². The maximum absolute atomic E-state index is 11.7. The van der Waals surface area contributed by atoms with E-state index in [1.807, 2.05) is 0 Å². The molecule has 1 heterocycles. The Morgan fingerprint density at radius 2 is 2.00 bits per heavy atom. The van der Waals surface area contributed by atoms with Crippen molar-refractivity contribution in [2.45, 2.75) is 12.5 Å². The van der Waals surface area contributed by atoms with E-state index >= 15 is 0 Å². The van der Waals surface area contributed by atoms with Crippen LogP contribution < -0.4 is 4.72 Å². The van der Waals surface area contributed by atoms with Crippen LogP contribution in [0.15, 0.2) is 0 Å². The number of morpholine rings is 1. The summed E-state index contributed by atoms with van der Waals surface area (Å²) in [5.74, 6) is -1.37. The van der Waals surface area contributed by atoms with Crippen molar-refractivity contribution in [2.75, 3.05) is 32.8 Å². The molecule has 0 amide bonds. The number of ether oxygens (including phenoxy) is 1. The van der Waals surface area contributed by atoms with E-state index in [0.29, 0.717) is 13.2 Å². The molecule has 0 aliphatic carbocycles. The van der Waals surface area contributed by atoms with Crippen LogP contribution in [0.25, 0.3) is 0 Å². The van der Waals surface area contributed by atoms with Crippen LogP contribution in [0.4, 0.5) is 0 Å². The topological polar surface area (TPSA) is 116 Å². The lowest BCUT2D eigenvalue weighted by Gasteiger charge is -2.26. The van der Waals surface area contributed by atoms with E-state index in [-0.39, 0.29) is 26.1 Å². The van der Waals surface area contributed by atoms with Gasteiger partial charge in [0.25, 0.3) is 10.2 Å². The fraction of sp³-hybridized carbons (Fsp3) is 0.875. The number of carboxylic acids is 1. The SMILES string of the molecule is O=C(O)C(O)CCNS(=O)(=O)N1CCOCC1. The van der Waals surface area contributed by atoms with E-state index in [9.17, 15) is 13.2 Å². The van der Waals surface area contributed by atoms with Crippen molar-refractivity contribution in [1.29, 1.82) is 0 Å². The summed E-state index contributed by atoms with van der Waals surface area (Å²) in [4.78, 5) is 10.3. The van der Waals surface area contributed by atoms with Crippen LogP contribution in [-0.2, 0) is 19.7 Å². The van der Waals surface area contributed by atoms with Crippen molar-refractivity contribution in [1.82, 2.24) is 9.03 Å². The zero-order chi connectivity index (χ0) is 12.9. The molecule has 1 atom stereocenters. The van der Waals surface area contributed by atoms with Crippen molar-refractivity contribution in [3.63, 3.8) is 0 Å². The summed E-state index contributed by atoms with van der Waals surface area (Å²) in [5.41, 5.74) is 0. The number of aliphatic hydroxyl groups excluding tert-OH is 1. The number of nitrogens with zero attached hydrogens (tertiary/aromatic N) is 1. The van der Waals surface area contributed by atoms with E-state index < -0.39 is 22.3 Å². The number of carboxylic acid groups (broad SMARTS) is 1. The molecular formula is C8H16N2O6S. The Morgan fingerprint density at radius 1 is 1.41 bits per heavy atom. The first-order valence-electron chi connectivity index (χ1n) is 5.17. The molecule has 17 heavy (non-hydrogen) atoms. The Morgan fingerprint density at radius 3 is 2.53 bits per heavy atom. The highest BCUT2D eigenvalue weighted by molar-refractivity contribution is 7.87. The summed E-state index contributed by atoms with van der Waals surface area (Å²) in [5, 5.41) is 17.4. The number of aliphatic carboxylic acids is 1. The highest BCUT2D eigenvalue weighted by Gasteiger charge is 2.24. The first-order valence-corrected chi connectivity index (χ1v) is 6.61. The Labute approximate surface area is 99.4 Å². The minimum atomic E-state index is -3.61. The van der Waals surface area contributed by atoms with Gasteiger partial charge in [-0.3, -0.25) is 0 Å². The third kappa shape index (κ3) is 4.56. The quantitative estimate of drug-likeness (QED) is 0.512. The molecule has 3 N–H and O–H groups in total. The zero-order valence-electron chi connectivity index (χ0n) is 9.20. The second kappa shape index (κ2) is 6.26. The van der Waals surface area contributed by atoms with Gasteiger partial charge in [0.1, 0.15) is 0 Å². The molecule has 1 saturated heterocycles. The molecule has 0 spiro atoms. The maximum Gasteiger partial charge on any atom is 0.332 e. The predicted octanol–water partition coefficient (Wildman–Crippen LogP) is -2.01. The van der Waals surface area contributed by atoms with Gasteiger partial charge in [-0.05, 0) is 6.42 Å². The smallest absolute Gasteiger partial charge is 0.332 e. The Bertz CT molecular complexity index is 351. The second-order valence-corrected chi connectivity index (χ2v) is 5.31. The molecule has 1 fully saturated rings. The van der Waals surface area contributed by atoms with Gasteiger partial charge >= 0.3 is 5.97 Å². The summed E-state index contributed by atoms with van der Waals surface area (Å²) in [6.07, 6.45) is -1.72. The van der Waals surface area contributed by atoms with E-state index in [4.69, 9.17) is 14.9 Å². The van der Waals surface area contributed by atoms with Gasteiger partial charge in [0.2, 0.25) is 0 Å². The van der Waals surface area contributed by atoms with Crippen molar-refractivity contribution in [2.24, 2.45) is 0 Å². The molecule has 0 aromatic carbocycles. The van der Waals surface area contributed by atoms with E-state index in [2.05, 4.69) is 4.72 Å². The number of hydrogen-bond acceptors (Lipinski definition) is 5. The van der Waals surface area contributed by atoms with Gasteiger partial charge in [0.15, 0.2) is 6.10 Å². The molecule has 0 radical (unpaired) electrons. The Balaban J connectivity index is 2.36. The summed E-state index contributed by atoms with van der Waals surface area (Å²) < 4.78 is 31.8. The monoisotopic (exact) mass is 268 g/mol. The molecule has 9 heteroatoms. The lowest BCUT2D eigenvalue weighted by atomic mass is 10.3. The normalized spacial score (nSPS) is 20.1. The molecule has 1 rings (SSSR count). The van der Waals surface area contributed by atoms with Crippen molar-refractivity contribution in [3.05, 3.63) is 0 Å². The molecule has 1 unspecified atom stereocenters. The maximum atomic E-state index is 11.7. The highest BCUT2D eigenvalue weighted by Crippen LogP contribution is 2.03. The first kappa shape index (κ1) is 14.3. The first-order chi connectivity index (χ1) is 7.93. The number of rotatable bonds is 6. The lowest BCUT2D eigenvalue weighted by Crippen LogP contribution is -2.47. The zero-order valence-corrected chi connectivity index (χ0v) is 10.0. The van der Waals surface area contributed by atoms with Gasteiger partial charge in [-0.2, -0.15) is 12.7 Å². The molecule has 0 bridgehead atoms. The summed E-state index contributed by atoms with van der Waals surface area (Å²) in [6, 6.07) is 0. The number of nitrogens with one attached hydrogen (secondary N) is 1. The molecule has 100 valence electrons. The fourth-order valence-electron chi connectivity index (χ4n) is 1.33. The highest BCUT2D eigenvalue weighted by atomic mass is 32.2. The molecule has 1 aliphatic heterocycles. The summed E-state index contributed by atoms with van der Waals surface area (Å²) in [7, 11) is -3.61. The van der Waals surface area contributed by atoms with E-state index in [1.54, 1.807) is 0 Å². The average Bonchev–Trinajstić information content (AvgIpc) is 2.29. The summed E-state index contributed by atoms with van der Waals surface area (Å²) >= 11 is 0. The van der Waals surface area contributed by atoms with Crippen molar-refractivity contribution in [3.8, 4) is 0 Å². The van der Waals surface area contributed by atoms with Gasteiger partial charge in [-0.1, -0.05) is 0 Å². The lowest BCUT2D eigenvalue weighted by molar-refractivity contribution is -0.146. The van der Waals surface area contributed by atoms with Crippen LogP contribution in [0.1, 0.15) is 6.42 Å². The number of carbonyl (C=O) groups is 1. The number of hydrogen-bond donors (Lipinski definition) is 3. The number of aliphatic hydroxyl groups is 1. The molecule has 0 aromatic heterocycles. The van der Waals surface area contributed by atoms with Gasteiger partial charge in [-0.15, -0.1) is 0 Å². The molecule has 8 nitrogen and oxygen atoms in total. The largest absolute Gasteiger partial charge is 0.479 e. The Hall–Kier alpha value is -0.740. The standard InChI is InChI=1S/C8H16N2O6S/c11-7(8(12)13)1-2-9-17(14,15)10-3-5-16-6-4-10/h7,9,11H,1-6H2,(H,12,13). The minimum absolute atomic E-state index is 0.118. The van der Waals surface area contributed by atoms with Crippen molar-refractivity contribution >= 4 is 16.2 Å². The predicted molar refractivity (Wildman–Crippen MR) is 57.6 cm³/mol. The molecule has 0 saturated carbocycles. The third-order valence-electron chi connectivity index (χ3n) is 2.30. The second-order valence-electron chi connectivity index (χ2n) is 3.55. The third-order valence-corrected chi connectivity index (χ3v) is 3.91. The van der Waals surface area contributed by atoms with Crippen LogP contribution in [0.3, 0.4) is 0 Å². The van der Waals surface area contributed by atoms with Crippen LogP contribution >= 0.6 is 0 Å². The van der Waals surface area contributed by atoms with Crippen LogP contribution in [-0.4, -0.2) is 67.9 Å². The van der Waals surface area contributed by atoms with Gasteiger partial charge < -0.3 is 14.9 Å². The van der Waals surface area contributed by atoms with Gasteiger partial charge in [-0.25, -0.2) is 9.52 Å². The Kier molecular flexibility index (Phi) is 5.28. The molecule has 0 aromatic rings. The van der Waals surface area contributed by atoms with Crippen molar-refractivity contribution < 1.29 is 28.2 Å². The van der Waals surface area contributed by atoms with Gasteiger partial charge in [0, 0.05) is 19.6 Å². The molecule has 1 aliphatic rings. The van der Waals surface area contributed by atoms with Crippen LogP contribution in [0.2, 0.25) is 0 Å². The average molecular weight is 268 g/mol. The fourth-order valence-corrected chi connectivity index (χ4v) is 2.51. The van der Waals surface area contributed by atoms with E-state index in [0.717, 1.165) is 0 Å². The molecular weight excluding hydrogens is 252 g/mol. The van der Waals surface area contributed by atoms with Crippen LogP contribution in [0.5, 0.6) is 0 Å². The van der Waals surface area contributed by atoms with Gasteiger partial charge in [0.05, 0.1) is 13.2 Å².